The summed E-state index contributed by atoms with van der Waals surface area (Å²) in [6.45, 7) is 2.91. The Balaban J connectivity index is 0.00000180. The monoisotopic (exact) mass is 532 g/mol. The van der Waals surface area contributed by atoms with Gasteiger partial charge in [-0.1, -0.05) is 52.7 Å². The summed E-state index contributed by atoms with van der Waals surface area (Å²) in [7, 11) is 0. The minimum Gasteiger partial charge on any atom is -0.545 e. The van der Waals surface area contributed by atoms with Gasteiger partial charge in [-0.3, -0.25) is 4.79 Å². The molecule has 176 valence electrons. The molecule has 2 aliphatic rings. The number of H-pyrrole nitrogens is 1. The number of amides is 1. The Labute approximate surface area is 243 Å². The van der Waals surface area contributed by atoms with E-state index in [0.29, 0.717) is 34.5 Å². The Morgan fingerprint density at radius 3 is 2.33 bits per heavy atom. The third-order valence-corrected chi connectivity index (χ3v) is 8.26. The Hall–Kier alpha value is -1.89. The van der Waals surface area contributed by atoms with Gasteiger partial charge in [0.05, 0.1) is 32.6 Å². The number of anilines is 1. The van der Waals surface area contributed by atoms with Crippen molar-refractivity contribution in [2.45, 2.75) is 13.0 Å². The summed E-state index contributed by atoms with van der Waals surface area (Å²) >= 11 is 13.2. The number of aryl methyl sites for hydroxylation is 1. The van der Waals surface area contributed by atoms with E-state index in [2.05, 4.69) is 15.3 Å². The number of halogens is 2. The van der Waals surface area contributed by atoms with Crippen molar-refractivity contribution >= 4 is 57.5 Å². The van der Waals surface area contributed by atoms with Crippen LogP contribution in [-0.2, 0) is 0 Å². The summed E-state index contributed by atoms with van der Waals surface area (Å²) in [4.78, 5) is 44.8. The molecule has 5 rings (SSSR count). The van der Waals surface area contributed by atoms with Crippen molar-refractivity contribution in [1.82, 2.24) is 15.3 Å². The summed E-state index contributed by atoms with van der Waals surface area (Å²) in [6.07, 6.45) is 0. The number of aromatic amines is 1. The second-order valence-electron chi connectivity index (χ2n) is 8.31. The molecule has 0 unspecified atom stereocenters. The van der Waals surface area contributed by atoms with Crippen molar-refractivity contribution in [2.24, 2.45) is 11.8 Å². The molecule has 0 bridgehead atoms. The first-order chi connectivity index (χ1) is 16.2. The standard InChI is InChI=1S/C22H18Cl2N4O5S.2Li/c1-8-13(23)14(24)17(25-8)19(29)26-16-11-6-28(7-12(11)16)22-27-15(18(34-22)21(32)33)9-3-2-4-10(5-9)20(30)31;;/h2-5,11-12,16,25H,6-7H2,1H3,(H,26,29)(H,30,31)(H,32,33);;/q;2*+1/p-2/t11-,12+,16-;;. The van der Waals surface area contributed by atoms with Crippen LogP contribution in [0.4, 0.5) is 5.13 Å². The largest absolute Gasteiger partial charge is 1.00 e. The van der Waals surface area contributed by atoms with E-state index in [9.17, 15) is 24.6 Å². The molecule has 1 saturated heterocycles. The van der Waals surface area contributed by atoms with E-state index in [4.69, 9.17) is 23.2 Å². The first-order valence-corrected chi connectivity index (χ1v) is 11.9. The Kier molecular flexibility index (Phi) is 8.64. The number of nitrogens with one attached hydrogen (secondary N) is 2. The van der Waals surface area contributed by atoms with Crippen LogP contribution in [0.1, 0.15) is 36.2 Å². The molecule has 1 aliphatic carbocycles. The number of nitrogens with zero attached hydrogens (tertiary/aromatic N) is 2. The first kappa shape index (κ1) is 28.7. The van der Waals surface area contributed by atoms with Crippen LogP contribution in [0.2, 0.25) is 10.0 Å². The average Bonchev–Trinajstić information content (AvgIpc) is 3.19. The van der Waals surface area contributed by atoms with Crippen molar-refractivity contribution in [3.63, 3.8) is 0 Å². The third-order valence-electron chi connectivity index (χ3n) is 6.22. The molecule has 1 amide bonds. The number of carbonyl (C=O) groups is 3. The van der Waals surface area contributed by atoms with Gasteiger partial charge < -0.3 is 35.0 Å². The van der Waals surface area contributed by atoms with E-state index in [1.54, 1.807) is 13.0 Å². The zero-order valence-corrected chi connectivity index (χ0v) is 21.9. The van der Waals surface area contributed by atoms with Crippen LogP contribution < -0.4 is 58.2 Å². The van der Waals surface area contributed by atoms with Gasteiger partial charge in [0.15, 0.2) is 5.13 Å². The fourth-order valence-electron chi connectivity index (χ4n) is 4.42. The predicted octanol–water partition coefficient (Wildman–Crippen LogP) is -4.65. The number of thiazole rings is 1. The molecule has 36 heavy (non-hydrogen) atoms. The molecule has 2 aromatic heterocycles. The van der Waals surface area contributed by atoms with Gasteiger partial charge in [0.1, 0.15) is 5.69 Å². The number of carboxylic acids is 2. The Morgan fingerprint density at radius 2 is 1.78 bits per heavy atom. The van der Waals surface area contributed by atoms with E-state index in [1.807, 2.05) is 4.90 Å². The van der Waals surface area contributed by atoms with E-state index in [-0.39, 0.29) is 88.4 Å². The molecule has 9 nitrogen and oxygen atoms in total. The SMILES string of the molecule is Cc1[nH]c(C(=O)N[C@@H]2[C@@H]3CN(c4nc(-c5cccc(C(=O)[O-])c5)c(C(=O)[O-])s4)C[C@@H]32)c(Cl)c1Cl.[Li+].[Li+]. The molecule has 3 atom stereocenters. The molecule has 2 N–H and O–H groups in total. The van der Waals surface area contributed by atoms with Gasteiger partial charge >= 0.3 is 37.7 Å². The van der Waals surface area contributed by atoms with Crippen molar-refractivity contribution in [3.8, 4) is 11.3 Å². The molecule has 0 radical (unpaired) electrons. The minimum atomic E-state index is -1.39. The first-order valence-electron chi connectivity index (χ1n) is 10.3. The summed E-state index contributed by atoms with van der Waals surface area (Å²) in [5, 5.41) is 26.9. The van der Waals surface area contributed by atoms with Crippen LogP contribution in [0.15, 0.2) is 24.3 Å². The number of hydrogen-bond acceptors (Lipinski definition) is 8. The number of fused-ring (bicyclic) bond motifs is 1. The van der Waals surface area contributed by atoms with Crippen molar-refractivity contribution in [2.75, 3.05) is 18.0 Å². The number of rotatable bonds is 6. The summed E-state index contributed by atoms with van der Waals surface area (Å²) < 4.78 is 0. The number of benzene rings is 1. The molecule has 3 aromatic rings. The topological polar surface area (TPSA) is 141 Å². The molecule has 2 fully saturated rings. The maximum atomic E-state index is 12.6. The molecular formula is C22H16Cl2Li2N4O5S. The van der Waals surface area contributed by atoms with Gasteiger partial charge in [-0.05, 0) is 18.6 Å². The second kappa shape index (κ2) is 10.8. The summed E-state index contributed by atoms with van der Waals surface area (Å²) in [5.74, 6) is -2.69. The number of piperidine rings is 1. The fraction of sp³-hybridized carbons (Fsp3) is 0.273. The van der Waals surface area contributed by atoms with E-state index >= 15 is 0 Å². The quantitative estimate of drug-likeness (QED) is 0.304. The molecule has 3 heterocycles. The van der Waals surface area contributed by atoms with Crippen LogP contribution >= 0.6 is 34.5 Å². The molecule has 0 spiro atoms. The fourth-order valence-corrected chi connectivity index (χ4v) is 5.78. The zero-order chi connectivity index (χ0) is 24.3. The third kappa shape index (κ3) is 5.10. The van der Waals surface area contributed by atoms with Crippen molar-refractivity contribution in [3.05, 3.63) is 56.1 Å². The van der Waals surface area contributed by atoms with Crippen LogP contribution in [0.3, 0.4) is 0 Å². The van der Waals surface area contributed by atoms with Crippen molar-refractivity contribution in [1.29, 1.82) is 0 Å². The number of hydrogen-bond donors (Lipinski definition) is 2. The minimum absolute atomic E-state index is 0. The van der Waals surface area contributed by atoms with Gasteiger partial charge in [0, 0.05) is 42.2 Å². The van der Waals surface area contributed by atoms with E-state index < -0.39 is 11.9 Å². The van der Waals surface area contributed by atoms with E-state index in [1.165, 1.54) is 18.2 Å². The number of aromatic carboxylic acids is 2. The maximum absolute atomic E-state index is 12.6. The van der Waals surface area contributed by atoms with Gasteiger partial charge in [0.25, 0.3) is 5.91 Å². The Morgan fingerprint density at radius 1 is 1.11 bits per heavy atom. The Bertz CT molecular complexity index is 1350. The van der Waals surface area contributed by atoms with Crippen LogP contribution in [0, 0.1) is 18.8 Å². The van der Waals surface area contributed by atoms with Gasteiger partial charge in [-0.2, -0.15) is 0 Å². The molecule has 1 aliphatic heterocycles. The van der Waals surface area contributed by atoms with Crippen LogP contribution in [0.5, 0.6) is 0 Å². The van der Waals surface area contributed by atoms with E-state index in [0.717, 1.165) is 11.3 Å². The maximum Gasteiger partial charge on any atom is 1.00 e. The molecule has 1 saturated carbocycles. The smallest absolute Gasteiger partial charge is 0.545 e. The summed E-state index contributed by atoms with van der Waals surface area (Å²) in [5.41, 5.74) is 1.29. The normalized spacial score (nSPS) is 19.6. The van der Waals surface area contributed by atoms with Crippen molar-refractivity contribution < 1.29 is 62.3 Å². The predicted molar refractivity (Wildman–Crippen MR) is 122 cm³/mol. The van der Waals surface area contributed by atoms with Gasteiger partial charge in [-0.25, -0.2) is 4.98 Å². The number of carboxylic acid groups (broad SMARTS) is 2. The summed E-state index contributed by atoms with van der Waals surface area (Å²) in [6, 6.07) is 5.75. The molecular weight excluding hydrogens is 517 g/mol. The number of aromatic nitrogens is 2. The zero-order valence-electron chi connectivity index (χ0n) is 19.6. The van der Waals surface area contributed by atoms with Crippen LogP contribution in [-0.4, -0.2) is 46.9 Å². The number of carbonyl (C=O) groups excluding carboxylic acids is 3. The molecule has 14 heteroatoms. The van der Waals surface area contributed by atoms with Gasteiger partial charge in [0.2, 0.25) is 0 Å². The average molecular weight is 533 g/mol. The van der Waals surface area contributed by atoms with Gasteiger partial charge in [-0.15, -0.1) is 0 Å². The molecule has 1 aromatic carbocycles. The van der Waals surface area contributed by atoms with Crippen LogP contribution in [0.25, 0.3) is 11.3 Å². The second-order valence-corrected chi connectivity index (χ2v) is 10.0.